The summed E-state index contributed by atoms with van der Waals surface area (Å²) in [5.74, 6) is 0. The molecule has 54 valence electrons. The predicted octanol–water partition coefficient (Wildman–Crippen LogP) is -4.52. The van der Waals surface area contributed by atoms with Gasteiger partial charge in [0.2, 0.25) is 0 Å². The molecule has 0 N–H and O–H groups in total. The van der Waals surface area contributed by atoms with Crippen molar-refractivity contribution in [3.8, 4) is 0 Å². The minimum absolute atomic E-state index is 0. The molecule has 1 aliphatic rings. The fraction of sp³-hybridized carbons (Fsp3) is 1.00. The first-order valence-corrected chi connectivity index (χ1v) is 3.72. The average Bonchev–Trinajstić information content (AvgIpc) is 1.94. The quantitative estimate of drug-likeness (QED) is 0.323. The summed E-state index contributed by atoms with van der Waals surface area (Å²) in [6.07, 6.45) is 1.92. The molecule has 0 unspecified atom stereocenters. The van der Waals surface area contributed by atoms with Gasteiger partial charge < -0.3 is 17.0 Å². The first-order chi connectivity index (χ1) is 3.89. The van der Waals surface area contributed by atoms with E-state index in [1.165, 1.54) is 0 Å². The van der Waals surface area contributed by atoms with E-state index in [2.05, 4.69) is 9.05 Å². The summed E-state index contributed by atoms with van der Waals surface area (Å²) in [6, 6.07) is 0. The largest absolute Gasteiger partial charge is 1.00 e. The number of rotatable bonds is 0. The average molecular weight is 254 g/mol. The Balaban J connectivity index is 0. The third-order valence-corrected chi connectivity index (χ3v) is 1.72. The Morgan fingerprint density at radius 3 is 1.90 bits per heavy atom. The van der Waals surface area contributed by atoms with Crippen molar-refractivity contribution in [2.24, 2.45) is 0 Å². The van der Waals surface area contributed by atoms with Crippen molar-refractivity contribution in [2.45, 2.75) is 12.8 Å². The van der Waals surface area contributed by atoms with Crippen molar-refractivity contribution < 1.29 is 82.0 Å². The molecule has 0 saturated carbocycles. The predicted molar refractivity (Wildman–Crippen MR) is 28.7 cm³/mol. The molecule has 1 rings (SSSR count). The Morgan fingerprint density at radius 2 is 1.50 bits per heavy atom. The van der Waals surface area contributed by atoms with Crippen molar-refractivity contribution in [2.75, 3.05) is 13.2 Å². The number of halogens is 1. The van der Waals surface area contributed by atoms with Crippen LogP contribution in [0, 0.1) is 0 Å². The van der Waals surface area contributed by atoms with Gasteiger partial charge in [-0.2, -0.15) is 0 Å². The van der Waals surface area contributed by atoms with Crippen LogP contribution in [0.4, 0.5) is 0 Å². The third kappa shape index (κ3) is 6.82. The van der Waals surface area contributed by atoms with Crippen LogP contribution in [-0.2, 0) is 13.6 Å². The molecule has 10 heavy (non-hydrogen) atoms. The fourth-order valence-corrected chi connectivity index (χ4v) is 1.15. The molecule has 0 bridgehead atoms. The molecule has 1 heterocycles. The van der Waals surface area contributed by atoms with Gasteiger partial charge in [0.05, 0.1) is 0 Å². The van der Waals surface area contributed by atoms with Crippen LogP contribution in [0.5, 0.6) is 0 Å². The first kappa shape index (κ1) is 14.6. The molecule has 0 radical (unpaired) electrons. The van der Waals surface area contributed by atoms with Crippen LogP contribution < -0.4 is 68.4 Å². The van der Waals surface area contributed by atoms with E-state index in [1.54, 1.807) is 0 Å². The Bertz CT molecular complexity index is 92.5. The Hall–Kier alpha value is 2.14. The van der Waals surface area contributed by atoms with Crippen molar-refractivity contribution in [1.29, 1.82) is 0 Å². The molecule has 0 aromatic heterocycles. The zero-order valence-corrected chi connectivity index (χ0v) is 11.5. The van der Waals surface area contributed by atoms with Gasteiger partial charge in [0.15, 0.2) is 0 Å². The smallest absolute Gasteiger partial charge is 1.00 e. The minimum atomic E-state index is -1.77. The zero-order valence-electron chi connectivity index (χ0n) is 5.88. The molecule has 0 aromatic rings. The van der Waals surface area contributed by atoms with Crippen molar-refractivity contribution in [3.63, 3.8) is 0 Å². The van der Waals surface area contributed by atoms with Gasteiger partial charge in [0, 0.05) is 4.57 Å². The van der Waals surface area contributed by atoms with Gasteiger partial charge in [0.1, 0.15) is 13.2 Å². The molecule has 0 aromatic carbocycles. The normalized spacial score (nSPS) is 18.2. The summed E-state index contributed by atoms with van der Waals surface area (Å²) in [5, 5.41) is 0. The Kier molecular flexibility index (Phi) is 13.5. The molecule has 0 spiro atoms. The zero-order chi connectivity index (χ0) is 5.82. The van der Waals surface area contributed by atoms with Crippen LogP contribution in [0.3, 0.4) is 0 Å². The summed E-state index contributed by atoms with van der Waals surface area (Å²) in [5.41, 5.74) is 0. The molecule has 0 amide bonds. The van der Waals surface area contributed by atoms with Crippen LogP contribution >= 0.6 is 8.25 Å². The van der Waals surface area contributed by atoms with Crippen LogP contribution in [-0.4, -0.2) is 13.2 Å². The SMILES string of the molecule is O=[P+]1OCCCCO1.[Br-].[K+]. The van der Waals surface area contributed by atoms with E-state index in [4.69, 9.17) is 0 Å². The van der Waals surface area contributed by atoms with E-state index < -0.39 is 8.25 Å². The van der Waals surface area contributed by atoms with E-state index >= 15 is 0 Å². The number of hydrogen-bond donors (Lipinski definition) is 0. The molecular formula is C4H8BrKO3P+. The maximum Gasteiger partial charge on any atom is 1.00 e. The second-order valence-corrected chi connectivity index (χ2v) is 2.56. The molecule has 3 nitrogen and oxygen atoms in total. The maximum absolute atomic E-state index is 10.4. The summed E-state index contributed by atoms with van der Waals surface area (Å²) in [6.45, 7) is 1.16. The molecule has 6 heteroatoms. The van der Waals surface area contributed by atoms with Gasteiger partial charge in [-0.05, 0) is 12.8 Å². The van der Waals surface area contributed by atoms with Gasteiger partial charge >= 0.3 is 59.6 Å². The molecule has 1 saturated heterocycles. The third-order valence-electron chi connectivity index (χ3n) is 0.932. The van der Waals surface area contributed by atoms with Crippen LogP contribution in [0.25, 0.3) is 0 Å². The molecule has 0 atom stereocenters. The maximum atomic E-state index is 10.4. The minimum Gasteiger partial charge on any atom is -1.00 e. The Morgan fingerprint density at radius 1 is 1.10 bits per heavy atom. The summed E-state index contributed by atoms with van der Waals surface area (Å²) in [4.78, 5) is 0. The monoisotopic (exact) mass is 253 g/mol. The van der Waals surface area contributed by atoms with Crippen molar-refractivity contribution in [1.82, 2.24) is 0 Å². The van der Waals surface area contributed by atoms with E-state index in [-0.39, 0.29) is 68.4 Å². The van der Waals surface area contributed by atoms with E-state index in [9.17, 15) is 4.57 Å². The van der Waals surface area contributed by atoms with E-state index in [1.807, 2.05) is 0 Å². The Labute approximate surface area is 114 Å². The van der Waals surface area contributed by atoms with Crippen molar-refractivity contribution in [3.05, 3.63) is 0 Å². The van der Waals surface area contributed by atoms with Gasteiger partial charge in [-0.1, -0.05) is 0 Å². The van der Waals surface area contributed by atoms with Crippen LogP contribution in [0.15, 0.2) is 0 Å². The van der Waals surface area contributed by atoms with E-state index in [0.29, 0.717) is 13.2 Å². The van der Waals surface area contributed by atoms with Gasteiger partial charge in [0.25, 0.3) is 0 Å². The molecule has 1 fully saturated rings. The van der Waals surface area contributed by atoms with Crippen LogP contribution in [0.1, 0.15) is 12.8 Å². The summed E-state index contributed by atoms with van der Waals surface area (Å²) >= 11 is 0. The first-order valence-electron chi connectivity index (χ1n) is 2.63. The van der Waals surface area contributed by atoms with Crippen LogP contribution in [0.2, 0.25) is 0 Å². The van der Waals surface area contributed by atoms with Gasteiger partial charge in [-0.25, -0.2) is 0 Å². The number of hydrogen-bond acceptors (Lipinski definition) is 3. The van der Waals surface area contributed by atoms with Gasteiger partial charge in [-0.3, -0.25) is 0 Å². The summed E-state index contributed by atoms with van der Waals surface area (Å²) in [7, 11) is -1.77. The second kappa shape index (κ2) is 9.23. The second-order valence-electron chi connectivity index (χ2n) is 1.60. The standard InChI is InChI=1S/C4H8O3P.BrH.K/c5-8-6-3-1-2-4-7-8;;/h1-4H2;1H;/q+1;;+1/p-1. The van der Waals surface area contributed by atoms with Crippen molar-refractivity contribution >= 4 is 8.25 Å². The molecule has 0 aliphatic carbocycles. The molecule has 1 aliphatic heterocycles. The topological polar surface area (TPSA) is 35.5 Å². The summed E-state index contributed by atoms with van der Waals surface area (Å²) < 4.78 is 19.8. The fourth-order valence-electron chi connectivity index (χ4n) is 0.520. The van der Waals surface area contributed by atoms with E-state index in [0.717, 1.165) is 12.8 Å². The molecular weight excluding hydrogens is 246 g/mol. The van der Waals surface area contributed by atoms with Gasteiger partial charge in [-0.15, -0.1) is 9.05 Å².